The molecule has 1 unspecified atom stereocenters. The monoisotopic (exact) mass is 452 g/mol. The smallest absolute Gasteiger partial charge is 0.261 e. The number of anilines is 1. The summed E-state index contributed by atoms with van der Waals surface area (Å²) in [6.07, 6.45) is 1.88. The lowest BCUT2D eigenvalue weighted by Crippen LogP contribution is -2.32. The summed E-state index contributed by atoms with van der Waals surface area (Å²) in [4.78, 5) is 12.7. The quantitative estimate of drug-likeness (QED) is 0.535. The minimum atomic E-state index is -3.90. The maximum atomic E-state index is 12.9. The Morgan fingerprint density at radius 2 is 1.62 bits per heavy atom. The van der Waals surface area contributed by atoms with Gasteiger partial charge >= 0.3 is 0 Å². The predicted octanol–water partition coefficient (Wildman–Crippen LogP) is 4.19. The van der Waals surface area contributed by atoms with Gasteiger partial charge in [-0.3, -0.25) is 9.52 Å². The molecule has 166 valence electrons. The van der Waals surface area contributed by atoms with Crippen LogP contribution in [0.2, 0.25) is 0 Å². The number of carbonyl (C=O) groups is 1. The second-order valence-corrected chi connectivity index (χ2v) is 9.07. The van der Waals surface area contributed by atoms with E-state index in [0.29, 0.717) is 24.7 Å². The van der Waals surface area contributed by atoms with Crippen LogP contribution in [-0.2, 0) is 14.8 Å². The molecule has 1 aliphatic rings. The van der Waals surface area contributed by atoms with Gasteiger partial charge in [0.15, 0.2) is 0 Å². The number of carbonyl (C=O) groups excluding carboxylic acids is 1. The fourth-order valence-electron chi connectivity index (χ4n) is 3.39. The molecule has 0 aromatic heterocycles. The van der Waals surface area contributed by atoms with Gasteiger partial charge in [-0.05, 0) is 61.4 Å². The standard InChI is InChI=1S/C24H24N2O5S/c27-24(25-17-20-9-6-16-30-20)22-10-4-5-11-23(22)26-32(28,29)21-14-12-19(13-15-21)31-18-7-2-1-3-8-18/h1-5,7-8,10-15,20,26H,6,9,16-17H2,(H,25,27). The Balaban J connectivity index is 1.45. The second kappa shape index (κ2) is 9.84. The summed E-state index contributed by atoms with van der Waals surface area (Å²) >= 11 is 0. The molecular formula is C24H24N2O5S. The van der Waals surface area contributed by atoms with Crippen LogP contribution >= 0.6 is 0 Å². The Morgan fingerprint density at radius 1 is 0.938 bits per heavy atom. The average Bonchev–Trinajstić information content (AvgIpc) is 3.32. The maximum absolute atomic E-state index is 12.9. The lowest BCUT2D eigenvalue weighted by atomic mass is 10.1. The number of hydrogen-bond acceptors (Lipinski definition) is 5. The van der Waals surface area contributed by atoms with E-state index < -0.39 is 10.0 Å². The highest BCUT2D eigenvalue weighted by atomic mass is 32.2. The fourth-order valence-corrected chi connectivity index (χ4v) is 4.47. The minimum Gasteiger partial charge on any atom is -0.457 e. The number of amides is 1. The van der Waals surface area contributed by atoms with Crippen molar-refractivity contribution in [2.24, 2.45) is 0 Å². The molecule has 1 amide bonds. The molecule has 1 aliphatic heterocycles. The van der Waals surface area contributed by atoms with Crippen molar-refractivity contribution >= 4 is 21.6 Å². The molecule has 0 bridgehead atoms. The molecule has 1 atom stereocenters. The van der Waals surface area contributed by atoms with Crippen LogP contribution in [0.4, 0.5) is 5.69 Å². The molecule has 2 N–H and O–H groups in total. The van der Waals surface area contributed by atoms with Crippen LogP contribution in [0.3, 0.4) is 0 Å². The molecule has 32 heavy (non-hydrogen) atoms. The van der Waals surface area contributed by atoms with Crippen LogP contribution in [0.5, 0.6) is 11.5 Å². The summed E-state index contributed by atoms with van der Waals surface area (Å²) < 4.78 is 39.6. The van der Waals surface area contributed by atoms with E-state index in [0.717, 1.165) is 12.8 Å². The normalized spacial score (nSPS) is 15.8. The van der Waals surface area contributed by atoms with Gasteiger partial charge in [-0.1, -0.05) is 30.3 Å². The van der Waals surface area contributed by atoms with Crippen LogP contribution in [0.1, 0.15) is 23.2 Å². The van der Waals surface area contributed by atoms with Crippen molar-refractivity contribution in [2.75, 3.05) is 17.9 Å². The summed E-state index contributed by atoms with van der Waals surface area (Å²) in [6.45, 7) is 1.09. The summed E-state index contributed by atoms with van der Waals surface area (Å²) in [5, 5.41) is 2.82. The highest BCUT2D eigenvalue weighted by molar-refractivity contribution is 7.92. The molecule has 7 nitrogen and oxygen atoms in total. The molecule has 8 heteroatoms. The number of ether oxygens (including phenoxy) is 2. The largest absolute Gasteiger partial charge is 0.457 e. The van der Waals surface area contributed by atoms with E-state index >= 15 is 0 Å². The first-order valence-electron chi connectivity index (χ1n) is 10.4. The third-order valence-corrected chi connectivity index (χ3v) is 6.42. The summed E-state index contributed by atoms with van der Waals surface area (Å²) in [5.41, 5.74) is 0.458. The van der Waals surface area contributed by atoms with Crippen LogP contribution in [0.25, 0.3) is 0 Å². The lowest BCUT2D eigenvalue weighted by molar-refractivity contribution is 0.0858. The number of hydrogen-bond donors (Lipinski definition) is 2. The molecule has 0 radical (unpaired) electrons. The molecule has 0 saturated carbocycles. The van der Waals surface area contributed by atoms with Crippen molar-refractivity contribution in [1.29, 1.82) is 0 Å². The van der Waals surface area contributed by atoms with Crippen molar-refractivity contribution in [2.45, 2.75) is 23.8 Å². The Kier molecular flexibility index (Phi) is 6.72. The fraction of sp³-hybridized carbons (Fsp3) is 0.208. The van der Waals surface area contributed by atoms with E-state index in [1.807, 2.05) is 30.3 Å². The van der Waals surface area contributed by atoms with Crippen molar-refractivity contribution in [3.8, 4) is 11.5 Å². The summed E-state index contributed by atoms with van der Waals surface area (Å²) in [6, 6.07) is 21.8. The highest BCUT2D eigenvalue weighted by Crippen LogP contribution is 2.25. The van der Waals surface area contributed by atoms with Gasteiger partial charge in [0.05, 0.1) is 22.3 Å². The van der Waals surface area contributed by atoms with E-state index in [1.54, 1.807) is 36.4 Å². The first-order valence-corrected chi connectivity index (χ1v) is 11.8. The number of rotatable bonds is 8. The number of nitrogens with one attached hydrogen (secondary N) is 2. The van der Waals surface area contributed by atoms with E-state index in [2.05, 4.69) is 10.0 Å². The summed E-state index contributed by atoms with van der Waals surface area (Å²) in [5.74, 6) is 0.818. The number of para-hydroxylation sites is 2. The molecule has 0 spiro atoms. The Labute approximate surface area is 187 Å². The van der Waals surface area contributed by atoms with Crippen LogP contribution in [0, 0.1) is 0 Å². The van der Waals surface area contributed by atoms with Crippen molar-refractivity contribution in [3.63, 3.8) is 0 Å². The molecule has 1 fully saturated rings. The van der Waals surface area contributed by atoms with Crippen LogP contribution in [-0.4, -0.2) is 33.6 Å². The Bertz CT molecular complexity index is 1160. The SMILES string of the molecule is O=C(NCC1CCCO1)c1ccccc1NS(=O)(=O)c1ccc(Oc2ccccc2)cc1. The third kappa shape index (κ3) is 5.46. The molecular weight excluding hydrogens is 428 g/mol. The van der Waals surface area contributed by atoms with Crippen molar-refractivity contribution in [3.05, 3.63) is 84.4 Å². The zero-order chi connectivity index (χ0) is 22.4. The van der Waals surface area contributed by atoms with Gasteiger partial charge in [-0.25, -0.2) is 8.42 Å². The third-order valence-electron chi connectivity index (χ3n) is 5.04. The first-order chi connectivity index (χ1) is 15.5. The first kappa shape index (κ1) is 21.9. The predicted molar refractivity (Wildman–Crippen MR) is 122 cm³/mol. The molecule has 3 aromatic rings. The Morgan fingerprint density at radius 3 is 2.34 bits per heavy atom. The Hall–Kier alpha value is -3.36. The zero-order valence-electron chi connectivity index (χ0n) is 17.4. The van der Waals surface area contributed by atoms with Crippen molar-refractivity contribution < 1.29 is 22.7 Å². The zero-order valence-corrected chi connectivity index (χ0v) is 18.2. The minimum absolute atomic E-state index is 0.000534. The van der Waals surface area contributed by atoms with Gasteiger partial charge in [0.1, 0.15) is 11.5 Å². The molecule has 1 saturated heterocycles. The molecule has 1 heterocycles. The van der Waals surface area contributed by atoms with E-state index in [-0.39, 0.29) is 28.2 Å². The van der Waals surface area contributed by atoms with E-state index in [9.17, 15) is 13.2 Å². The van der Waals surface area contributed by atoms with E-state index in [1.165, 1.54) is 12.1 Å². The molecule has 3 aromatic carbocycles. The number of benzene rings is 3. The van der Waals surface area contributed by atoms with E-state index in [4.69, 9.17) is 9.47 Å². The molecule has 0 aliphatic carbocycles. The second-order valence-electron chi connectivity index (χ2n) is 7.38. The number of sulfonamides is 1. The van der Waals surface area contributed by atoms with Gasteiger partial charge in [-0.15, -0.1) is 0 Å². The maximum Gasteiger partial charge on any atom is 0.261 e. The topological polar surface area (TPSA) is 93.7 Å². The summed E-state index contributed by atoms with van der Waals surface area (Å²) in [7, 11) is -3.90. The molecule has 4 rings (SSSR count). The van der Waals surface area contributed by atoms with Gasteiger partial charge < -0.3 is 14.8 Å². The van der Waals surface area contributed by atoms with Crippen LogP contribution in [0.15, 0.2) is 83.8 Å². The van der Waals surface area contributed by atoms with Gasteiger partial charge in [-0.2, -0.15) is 0 Å². The van der Waals surface area contributed by atoms with Gasteiger partial charge in [0, 0.05) is 13.2 Å². The lowest BCUT2D eigenvalue weighted by Gasteiger charge is -2.15. The highest BCUT2D eigenvalue weighted by Gasteiger charge is 2.21. The average molecular weight is 453 g/mol. The van der Waals surface area contributed by atoms with Crippen molar-refractivity contribution in [1.82, 2.24) is 5.32 Å². The van der Waals surface area contributed by atoms with Gasteiger partial charge in [0.25, 0.3) is 15.9 Å². The van der Waals surface area contributed by atoms with Crippen LogP contribution < -0.4 is 14.8 Å². The van der Waals surface area contributed by atoms with Gasteiger partial charge in [0.2, 0.25) is 0 Å².